The molecule has 0 saturated carbocycles. The van der Waals surface area contributed by atoms with Gasteiger partial charge >= 0.3 is 5.97 Å². The normalized spacial score (nSPS) is 14.8. The van der Waals surface area contributed by atoms with Crippen LogP contribution in [0.25, 0.3) is 0 Å². The van der Waals surface area contributed by atoms with Crippen LogP contribution in [-0.4, -0.2) is 36.9 Å². The minimum absolute atomic E-state index is 0.0480. The monoisotopic (exact) mass is 367 g/mol. The number of benzene rings is 1. The molecule has 0 unspecified atom stereocenters. The summed E-state index contributed by atoms with van der Waals surface area (Å²) >= 11 is 0.883. The molecular formula is C14H13N3O5S2. The van der Waals surface area contributed by atoms with Crippen molar-refractivity contribution in [1.82, 2.24) is 4.98 Å². The van der Waals surface area contributed by atoms with Gasteiger partial charge in [0.2, 0.25) is 5.91 Å². The summed E-state index contributed by atoms with van der Waals surface area (Å²) in [6.07, 6.45) is 1.18. The van der Waals surface area contributed by atoms with E-state index in [1.165, 1.54) is 22.5 Å². The first-order valence-corrected chi connectivity index (χ1v) is 9.35. The number of anilines is 2. The minimum atomic E-state index is -3.99. The third-order valence-corrected chi connectivity index (χ3v) is 5.73. The van der Waals surface area contributed by atoms with E-state index in [4.69, 9.17) is 5.11 Å². The molecule has 0 radical (unpaired) electrons. The number of amides is 1. The Morgan fingerprint density at radius 2 is 2.17 bits per heavy atom. The summed E-state index contributed by atoms with van der Waals surface area (Å²) < 4.78 is 27.2. The van der Waals surface area contributed by atoms with Gasteiger partial charge in [-0.2, -0.15) is 0 Å². The molecule has 1 amide bonds. The van der Waals surface area contributed by atoms with E-state index in [-0.39, 0.29) is 21.5 Å². The molecule has 1 aromatic carbocycles. The molecule has 10 heteroatoms. The van der Waals surface area contributed by atoms with E-state index < -0.39 is 16.0 Å². The van der Waals surface area contributed by atoms with Crippen LogP contribution in [0.3, 0.4) is 0 Å². The fourth-order valence-corrected chi connectivity index (χ4v) is 4.42. The molecule has 1 fully saturated rings. The summed E-state index contributed by atoms with van der Waals surface area (Å²) in [6.45, 7) is 0.549. The maximum atomic E-state index is 12.5. The van der Waals surface area contributed by atoms with Gasteiger partial charge in [-0.05, 0) is 24.6 Å². The second-order valence-electron chi connectivity index (χ2n) is 5.09. The number of carboxylic acid groups (broad SMARTS) is 1. The zero-order valence-electron chi connectivity index (χ0n) is 12.3. The number of aromatic nitrogens is 1. The molecule has 0 bridgehead atoms. The first-order chi connectivity index (χ1) is 11.4. The number of rotatable bonds is 5. The van der Waals surface area contributed by atoms with E-state index in [9.17, 15) is 18.0 Å². The van der Waals surface area contributed by atoms with Crippen molar-refractivity contribution in [2.24, 2.45) is 0 Å². The standard InChI is InChI=1S/C14H13N3O5S2/c18-11-5-2-6-17(11)9-3-1-4-10(7-9)24(21,22)16-13-12(14(19)20)15-8-23-13/h1,3-4,7-8,16H,2,5-6H2,(H,19,20). The van der Waals surface area contributed by atoms with Gasteiger partial charge in [0, 0.05) is 18.7 Å². The Morgan fingerprint density at radius 1 is 1.38 bits per heavy atom. The third kappa shape index (κ3) is 3.10. The fraction of sp³-hybridized carbons (Fsp3) is 0.214. The van der Waals surface area contributed by atoms with Gasteiger partial charge in [-0.25, -0.2) is 18.2 Å². The molecule has 3 rings (SSSR count). The van der Waals surface area contributed by atoms with Crippen molar-refractivity contribution < 1.29 is 23.1 Å². The second-order valence-corrected chi connectivity index (χ2v) is 7.62. The average molecular weight is 367 g/mol. The number of carboxylic acids is 1. The molecule has 1 aromatic heterocycles. The van der Waals surface area contributed by atoms with Crippen LogP contribution in [0, 0.1) is 0 Å². The predicted octanol–water partition coefficient (Wildman–Crippen LogP) is 1.77. The summed E-state index contributed by atoms with van der Waals surface area (Å²) in [4.78, 5) is 27.9. The molecule has 1 saturated heterocycles. The highest BCUT2D eigenvalue weighted by atomic mass is 32.2. The van der Waals surface area contributed by atoms with Crippen molar-refractivity contribution in [3.8, 4) is 0 Å². The zero-order chi connectivity index (χ0) is 17.3. The number of nitrogens with one attached hydrogen (secondary N) is 1. The van der Waals surface area contributed by atoms with Gasteiger partial charge in [0.1, 0.15) is 5.00 Å². The summed E-state index contributed by atoms with van der Waals surface area (Å²) in [5.41, 5.74) is 1.40. The van der Waals surface area contributed by atoms with Gasteiger partial charge in [0.05, 0.1) is 10.4 Å². The number of hydrogen-bond donors (Lipinski definition) is 2. The van der Waals surface area contributed by atoms with E-state index >= 15 is 0 Å². The Kier molecular flexibility index (Phi) is 4.24. The van der Waals surface area contributed by atoms with E-state index in [0.717, 1.165) is 17.8 Å². The quantitative estimate of drug-likeness (QED) is 0.832. The SMILES string of the molecule is O=C(O)c1ncsc1NS(=O)(=O)c1cccc(N2CCCC2=O)c1. The molecule has 0 spiro atoms. The van der Waals surface area contributed by atoms with Crippen LogP contribution >= 0.6 is 11.3 Å². The molecule has 1 aliphatic heterocycles. The van der Waals surface area contributed by atoms with Crippen molar-refractivity contribution in [3.63, 3.8) is 0 Å². The highest BCUT2D eigenvalue weighted by Crippen LogP contribution is 2.27. The lowest BCUT2D eigenvalue weighted by Crippen LogP contribution is -2.24. The topological polar surface area (TPSA) is 117 Å². The molecular weight excluding hydrogens is 354 g/mol. The summed E-state index contributed by atoms with van der Waals surface area (Å²) in [7, 11) is -3.99. The number of hydrogen-bond acceptors (Lipinski definition) is 6. The Morgan fingerprint density at radius 3 is 2.83 bits per heavy atom. The van der Waals surface area contributed by atoms with Gasteiger partial charge in [-0.3, -0.25) is 9.52 Å². The van der Waals surface area contributed by atoms with Crippen LogP contribution < -0.4 is 9.62 Å². The van der Waals surface area contributed by atoms with Crippen LogP contribution in [0.15, 0.2) is 34.7 Å². The molecule has 2 aromatic rings. The van der Waals surface area contributed by atoms with Crippen LogP contribution in [-0.2, 0) is 14.8 Å². The maximum Gasteiger partial charge on any atom is 0.357 e. The lowest BCUT2D eigenvalue weighted by atomic mass is 10.3. The Hall–Kier alpha value is -2.46. The summed E-state index contributed by atoms with van der Waals surface area (Å²) in [6, 6.07) is 5.98. The van der Waals surface area contributed by atoms with Crippen LogP contribution in [0.2, 0.25) is 0 Å². The van der Waals surface area contributed by atoms with Gasteiger partial charge in [-0.15, -0.1) is 11.3 Å². The number of thiazole rings is 1. The van der Waals surface area contributed by atoms with Crippen LogP contribution in [0.1, 0.15) is 23.3 Å². The van der Waals surface area contributed by atoms with Gasteiger partial charge in [0.15, 0.2) is 5.69 Å². The molecule has 0 aliphatic carbocycles. The van der Waals surface area contributed by atoms with E-state index in [2.05, 4.69) is 9.71 Å². The van der Waals surface area contributed by atoms with Crippen molar-refractivity contribution in [1.29, 1.82) is 0 Å². The minimum Gasteiger partial charge on any atom is -0.476 e. The first-order valence-electron chi connectivity index (χ1n) is 6.98. The van der Waals surface area contributed by atoms with Crippen LogP contribution in [0.5, 0.6) is 0 Å². The predicted molar refractivity (Wildman–Crippen MR) is 87.9 cm³/mol. The second kappa shape index (κ2) is 6.21. The van der Waals surface area contributed by atoms with E-state index in [1.54, 1.807) is 12.1 Å². The Balaban J connectivity index is 1.91. The molecule has 126 valence electrons. The van der Waals surface area contributed by atoms with Crippen molar-refractivity contribution in [2.75, 3.05) is 16.2 Å². The van der Waals surface area contributed by atoms with Crippen molar-refractivity contribution >= 4 is 43.9 Å². The molecule has 0 atom stereocenters. The largest absolute Gasteiger partial charge is 0.476 e. The van der Waals surface area contributed by atoms with Crippen molar-refractivity contribution in [2.45, 2.75) is 17.7 Å². The lowest BCUT2D eigenvalue weighted by Gasteiger charge is -2.16. The maximum absolute atomic E-state index is 12.5. The van der Waals surface area contributed by atoms with Crippen molar-refractivity contribution in [3.05, 3.63) is 35.5 Å². The molecule has 8 nitrogen and oxygen atoms in total. The Bertz CT molecular complexity index is 907. The molecule has 1 aliphatic rings. The first kappa shape index (κ1) is 16.4. The number of carbonyl (C=O) groups is 2. The highest BCUT2D eigenvalue weighted by Gasteiger charge is 2.25. The number of aromatic carboxylic acids is 1. The fourth-order valence-electron chi connectivity index (χ4n) is 2.39. The number of sulfonamides is 1. The molecule has 2 N–H and O–H groups in total. The highest BCUT2D eigenvalue weighted by molar-refractivity contribution is 7.93. The average Bonchev–Trinajstić information content (AvgIpc) is 3.16. The summed E-state index contributed by atoms with van der Waals surface area (Å²) in [5, 5.41) is 8.94. The van der Waals surface area contributed by atoms with E-state index in [1.807, 2.05) is 0 Å². The Labute approximate surface area is 141 Å². The van der Waals surface area contributed by atoms with E-state index in [0.29, 0.717) is 18.7 Å². The lowest BCUT2D eigenvalue weighted by molar-refractivity contribution is -0.117. The van der Waals surface area contributed by atoms with Gasteiger partial charge < -0.3 is 10.0 Å². The number of nitrogens with zero attached hydrogens (tertiary/aromatic N) is 2. The van der Waals surface area contributed by atoms with Gasteiger partial charge in [0.25, 0.3) is 10.0 Å². The summed E-state index contributed by atoms with van der Waals surface area (Å²) in [5.74, 6) is -1.36. The third-order valence-electron chi connectivity index (χ3n) is 3.51. The molecule has 24 heavy (non-hydrogen) atoms. The van der Waals surface area contributed by atoms with Crippen LogP contribution in [0.4, 0.5) is 10.7 Å². The number of carbonyl (C=O) groups excluding carboxylic acids is 1. The smallest absolute Gasteiger partial charge is 0.357 e. The molecule has 2 heterocycles. The zero-order valence-corrected chi connectivity index (χ0v) is 13.9. The van der Waals surface area contributed by atoms with Gasteiger partial charge in [-0.1, -0.05) is 6.07 Å².